The van der Waals surface area contributed by atoms with E-state index in [2.05, 4.69) is 5.16 Å². The molecule has 0 atom stereocenters. The molecule has 3 aromatic carbocycles. The van der Waals surface area contributed by atoms with Crippen LogP contribution in [0.15, 0.2) is 83.4 Å². The predicted molar refractivity (Wildman–Crippen MR) is 115 cm³/mol. The number of hydrogen-bond acceptors (Lipinski definition) is 5. The summed E-state index contributed by atoms with van der Waals surface area (Å²) in [7, 11) is 0. The molecule has 0 saturated heterocycles. The minimum Gasteiger partial charge on any atom is -0.488 e. The minimum atomic E-state index is -1.18. The van der Waals surface area contributed by atoms with Gasteiger partial charge in [-0.1, -0.05) is 77.4 Å². The van der Waals surface area contributed by atoms with Crippen molar-refractivity contribution in [1.29, 1.82) is 0 Å². The van der Waals surface area contributed by atoms with Gasteiger partial charge in [0.05, 0.1) is 10.6 Å². The van der Waals surface area contributed by atoms with E-state index in [1.807, 2.05) is 60.7 Å². The van der Waals surface area contributed by atoms with Crippen LogP contribution >= 0.6 is 11.6 Å². The number of rotatable bonds is 8. The van der Waals surface area contributed by atoms with E-state index in [1.54, 1.807) is 12.1 Å². The van der Waals surface area contributed by atoms with E-state index in [-0.39, 0.29) is 11.5 Å². The Hall–Kier alpha value is -3.77. The molecule has 156 valence electrons. The zero-order valence-electron chi connectivity index (χ0n) is 16.3. The van der Waals surface area contributed by atoms with Crippen LogP contribution in [0, 0.1) is 0 Å². The number of aromatic carboxylic acids is 1. The lowest BCUT2D eigenvalue weighted by Gasteiger charge is -2.14. The molecule has 0 unspecified atom stereocenters. The van der Waals surface area contributed by atoms with Gasteiger partial charge in [-0.25, -0.2) is 4.79 Å². The van der Waals surface area contributed by atoms with Crippen molar-refractivity contribution in [1.82, 2.24) is 5.16 Å². The maximum Gasteiger partial charge on any atom is 0.358 e. The number of ether oxygens (including phenoxy) is 2. The van der Waals surface area contributed by atoms with Crippen molar-refractivity contribution in [3.8, 4) is 22.8 Å². The molecule has 0 aliphatic rings. The highest BCUT2D eigenvalue weighted by Crippen LogP contribution is 2.39. The molecular weight excluding hydrogens is 418 g/mol. The summed E-state index contributed by atoms with van der Waals surface area (Å²) in [6.45, 7) is 0.636. The molecule has 0 spiro atoms. The highest BCUT2D eigenvalue weighted by molar-refractivity contribution is 6.32. The Kier molecular flexibility index (Phi) is 6.19. The van der Waals surface area contributed by atoms with Crippen molar-refractivity contribution in [2.75, 3.05) is 0 Å². The molecule has 6 nitrogen and oxygen atoms in total. The number of carbonyl (C=O) groups is 1. The van der Waals surface area contributed by atoms with E-state index in [4.69, 9.17) is 30.7 Å². The van der Waals surface area contributed by atoms with Crippen molar-refractivity contribution in [3.05, 3.63) is 101 Å². The van der Waals surface area contributed by atoms with Crippen LogP contribution in [0.4, 0.5) is 0 Å². The van der Waals surface area contributed by atoms with Crippen LogP contribution < -0.4 is 9.47 Å². The molecule has 0 radical (unpaired) electrons. The molecule has 31 heavy (non-hydrogen) atoms. The summed E-state index contributed by atoms with van der Waals surface area (Å²) >= 11 is 6.45. The Morgan fingerprint density at radius 2 is 1.45 bits per heavy atom. The van der Waals surface area contributed by atoms with Gasteiger partial charge in [0, 0.05) is 12.1 Å². The summed E-state index contributed by atoms with van der Waals surface area (Å²) in [5.41, 5.74) is 2.24. The fourth-order valence-corrected chi connectivity index (χ4v) is 3.15. The molecule has 0 amide bonds. The third-order valence-electron chi connectivity index (χ3n) is 4.50. The summed E-state index contributed by atoms with van der Waals surface area (Å²) in [6.07, 6.45) is 0. The first-order chi connectivity index (χ1) is 15.1. The maximum absolute atomic E-state index is 11.2. The Labute approximate surface area is 183 Å². The molecule has 0 aliphatic carbocycles. The second kappa shape index (κ2) is 9.36. The highest BCUT2D eigenvalue weighted by atomic mass is 35.5. The smallest absolute Gasteiger partial charge is 0.358 e. The number of carboxylic acids is 1. The predicted octanol–water partition coefficient (Wildman–Crippen LogP) is 5.85. The first-order valence-electron chi connectivity index (χ1n) is 9.47. The topological polar surface area (TPSA) is 81.8 Å². The summed E-state index contributed by atoms with van der Waals surface area (Å²) in [4.78, 5) is 11.2. The Balaban J connectivity index is 1.65. The standard InChI is InChI=1S/C24H18ClNO5/c25-19-11-18(22-12-20(24(27)28)26-31-22)21(29-14-16-7-3-1-4-8-16)13-23(19)30-15-17-9-5-2-6-10-17/h1-13H,14-15H2,(H,27,28). The van der Waals surface area contributed by atoms with Crippen LogP contribution in [0.2, 0.25) is 5.02 Å². The molecule has 1 heterocycles. The summed E-state index contributed by atoms with van der Waals surface area (Å²) in [5.74, 6) is -0.0765. The monoisotopic (exact) mass is 435 g/mol. The lowest BCUT2D eigenvalue weighted by molar-refractivity contribution is 0.0686. The third-order valence-corrected chi connectivity index (χ3v) is 4.80. The van der Waals surface area contributed by atoms with Crippen molar-refractivity contribution < 1.29 is 23.9 Å². The molecule has 0 saturated carbocycles. The van der Waals surface area contributed by atoms with E-state index in [0.29, 0.717) is 35.3 Å². The van der Waals surface area contributed by atoms with E-state index in [0.717, 1.165) is 11.1 Å². The van der Waals surface area contributed by atoms with E-state index >= 15 is 0 Å². The Bertz CT molecular complexity index is 1180. The molecule has 0 bridgehead atoms. The maximum atomic E-state index is 11.2. The van der Waals surface area contributed by atoms with Crippen LogP contribution in [0.25, 0.3) is 11.3 Å². The molecule has 0 aliphatic heterocycles. The molecule has 4 aromatic rings. The van der Waals surface area contributed by atoms with Gasteiger partial charge < -0.3 is 19.1 Å². The molecule has 1 aromatic heterocycles. The van der Waals surface area contributed by atoms with Crippen LogP contribution in [0.5, 0.6) is 11.5 Å². The number of hydrogen-bond donors (Lipinski definition) is 1. The van der Waals surface area contributed by atoms with E-state index < -0.39 is 5.97 Å². The average Bonchev–Trinajstić information content (AvgIpc) is 3.29. The SMILES string of the molecule is O=C(O)c1cc(-c2cc(Cl)c(OCc3ccccc3)cc2OCc2ccccc2)on1. The van der Waals surface area contributed by atoms with Gasteiger partial charge in [0.25, 0.3) is 0 Å². The van der Waals surface area contributed by atoms with Crippen molar-refractivity contribution >= 4 is 17.6 Å². The van der Waals surface area contributed by atoms with Gasteiger partial charge >= 0.3 is 5.97 Å². The van der Waals surface area contributed by atoms with Crippen LogP contribution in [-0.2, 0) is 13.2 Å². The van der Waals surface area contributed by atoms with E-state index in [1.165, 1.54) is 6.07 Å². The first kappa shape index (κ1) is 20.5. The zero-order chi connectivity index (χ0) is 21.6. The van der Waals surface area contributed by atoms with Crippen molar-refractivity contribution in [2.45, 2.75) is 13.2 Å². The van der Waals surface area contributed by atoms with Crippen LogP contribution in [0.1, 0.15) is 21.6 Å². The van der Waals surface area contributed by atoms with Crippen molar-refractivity contribution in [3.63, 3.8) is 0 Å². The molecule has 0 fully saturated rings. The number of benzene rings is 3. The first-order valence-corrected chi connectivity index (χ1v) is 9.85. The normalized spacial score (nSPS) is 10.6. The Morgan fingerprint density at radius 3 is 2.00 bits per heavy atom. The largest absolute Gasteiger partial charge is 0.488 e. The number of nitrogens with zero attached hydrogens (tertiary/aromatic N) is 1. The lowest BCUT2D eigenvalue weighted by atomic mass is 10.1. The minimum absolute atomic E-state index is 0.204. The summed E-state index contributed by atoms with van der Waals surface area (Å²) < 4.78 is 17.1. The fourth-order valence-electron chi connectivity index (χ4n) is 2.93. The third kappa shape index (κ3) is 5.05. The van der Waals surface area contributed by atoms with Crippen LogP contribution in [0.3, 0.4) is 0 Å². The number of aromatic nitrogens is 1. The van der Waals surface area contributed by atoms with Gasteiger partial charge in [0.2, 0.25) is 0 Å². The Morgan fingerprint density at radius 1 is 0.871 bits per heavy atom. The van der Waals surface area contributed by atoms with Gasteiger partial charge in [-0.2, -0.15) is 0 Å². The van der Waals surface area contributed by atoms with Gasteiger partial charge in [0.1, 0.15) is 24.7 Å². The second-order valence-electron chi connectivity index (χ2n) is 6.71. The van der Waals surface area contributed by atoms with Crippen molar-refractivity contribution in [2.24, 2.45) is 0 Å². The van der Waals surface area contributed by atoms with Gasteiger partial charge in [0.15, 0.2) is 11.5 Å². The number of halogens is 1. The summed E-state index contributed by atoms with van der Waals surface area (Å²) in [5, 5.41) is 13.1. The summed E-state index contributed by atoms with van der Waals surface area (Å²) in [6, 6.07) is 24.0. The molecule has 4 rings (SSSR count). The van der Waals surface area contributed by atoms with Gasteiger partial charge in [-0.15, -0.1) is 0 Å². The van der Waals surface area contributed by atoms with E-state index in [9.17, 15) is 4.79 Å². The average molecular weight is 436 g/mol. The molecule has 7 heteroatoms. The quantitative estimate of drug-likeness (QED) is 0.373. The second-order valence-corrected chi connectivity index (χ2v) is 7.12. The van der Waals surface area contributed by atoms with Gasteiger partial charge in [-0.05, 0) is 17.2 Å². The molecule has 1 N–H and O–H groups in total. The van der Waals surface area contributed by atoms with Gasteiger partial charge in [-0.3, -0.25) is 0 Å². The zero-order valence-corrected chi connectivity index (χ0v) is 17.1. The molecular formula is C24H18ClNO5. The lowest BCUT2D eigenvalue weighted by Crippen LogP contribution is -2.00. The number of carboxylic acid groups (broad SMARTS) is 1. The van der Waals surface area contributed by atoms with Crippen LogP contribution in [-0.4, -0.2) is 16.2 Å². The highest BCUT2D eigenvalue weighted by Gasteiger charge is 2.19. The fraction of sp³-hybridized carbons (Fsp3) is 0.0833.